The number of likely N-dealkylation sites (tertiary alicyclic amines) is 1. The van der Waals surface area contributed by atoms with Crippen molar-refractivity contribution in [3.8, 4) is 0 Å². The molecule has 0 aliphatic carbocycles. The number of carboxylic acid groups (broad SMARTS) is 2. The summed E-state index contributed by atoms with van der Waals surface area (Å²) in [5.74, 6) is -2.99. The maximum atomic E-state index is 13.1. The first-order valence-corrected chi connectivity index (χ1v) is 12.3. The number of aliphatic carboxylic acids is 2. The number of primary amides is 1. The highest BCUT2D eigenvalue weighted by Gasteiger charge is 2.49. The van der Waals surface area contributed by atoms with E-state index in [0.717, 1.165) is 30.5 Å². The number of hydrogen-bond donors (Lipinski definition) is 4. The van der Waals surface area contributed by atoms with E-state index in [-0.39, 0.29) is 23.3 Å². The first-order valence-electron chi connectivity index (χ1n) is 12.3. The molecule has 11 nitrogen and oxygen atoms in total. The van der Waals surface area contributed by atoms with E-state index in [2.05, 4.69) is 5.32 Å². The number of carboxylic acids is 2. The molecule has 2 aromatic rings. The summed E-state index contributed by atoms with van der Waals surface area (Å²) in [5, 5.41) is 18.6. The summed E-state index contributed by atoms with van der Waals surface area (Å²) in [4.78, 5) is 48.9. The van der Waals surface area contributed by atoms with Gasteiger partial charge in [-0.05, 0) is 44.0 Å². The number of carbonyl (C=O) groups excluding carboxylic acids is 2. The van der Waals surface area contributed by atoms with Crippen LogP contribution in [0.5, 0.6) is 0 Å². The first kappa shape index (κ1) is 32.8. The Morgan fingerprint density at radius 2 is 1.46 bits per heavy atom. The van der Waals surface area contributed by atoms with E-state index in [1.54, 1.807) is 0 Å². The number of hydrogen-bond acceptors (Lipinski definition) is 5. The Bertz CT molecular complexity index is 1050. The van der Waals surface area contributed by atoms with Crippen LogP contribution in [0.3, 0.4) is 0 Å². The lowest BCUT2D eigenvalue weighted by molar-refractivity contribution is -0.134. The minimum absolute atomic E-state index is 0. The molecule has 1 saturated heterocycles. The highest BCUT2D eigenvalue weighted by Crippen LogP contribution is 2.43. The van der Waals surface area contributed by atoms with Gasteiger partial charge >= 0.3 is 18.0 Å². The second-order valence-corrected chi connectivity index (χ2v) is 9.23. The molecule has 0 radical (unpaired) electrons. The third-order valence-electron chi connectivity index (χ3n) is 6.37. The number of urea groups is 1. The molecule has 11 heteroatoms. The Kier molecular flexibility index (Phi) is 13.4. The van der Waals surface area contributed by atoms with E-state index >= 15 is 0 Å². The van der Waals surface area contributed by atoms with Gasteiger partial charge in [0.1, 0.15) is 5.41 Å². The van der Waals surface area contributed by atoms with Crippen LogP contribution in [0.2, 0.25) is 0 Å². The lowest BCUT2D eigenvalue weighted by Gasteiger charge is -2.44. The second kappa shape index (κ2) is 15.9. The molecule has 0 aromatic heterocycles. The number of nitrogens with one attached hydrogen (secondary N) is 1. The molecule has 0 spiro atoms. The molecular formula is C28H38N4O7. The maximum Gasteiger partial charge on any atom is 0.328 e. The van der Waals surface area contributed by atoms with Crippen LogP contribution in [-0.4, -0.2) is 89.6 Å². The van der Waals surface area contributed by atoms with Crippen LogP contribution in [0.1, 0.15) is 24.0 Å². The van der Waals surface area contributed by atoms with Crippen LogP contribution in [0.25, 0.3) is 0 Å². The molecule has 39 heavy (non-hydrogen) atoms. The summed E-state index contributed by atoms with van der Waals surface area (Å²) in [5.41, 5.74) is 6.91. The number of likely N-dealkylation sites (N-methyl/N-ethyl adjacent to an activating group) is 1. The van der Waals surface area contributed by atoms with Crippen molar-refractivity contribution in [1.29, 1.82) is 0 Å². The van der Waals surface area contributed by atoms with Gasteiger partial charge in [0.25, 0.3) is 0 Å². The minimum atomic E-state index is -1.26. The molecule has 1 unspecified atom stereocenters. The zero-order valence-corrected chi connectivity index (χ0v) is 22.2. The van der Waals surface area contributed by atoms with Gasteiger partial charge < -0.3 is 36.5 Å². The standard InChI is InChI=1S/C24H32N4O2.C4H4O4.H2O/c1-27(2)17-15-26-23(30)28-16-9-14-21(18-28)24(22(25)29,19-10-5-3-6-11-19)20-12-7-4-8-13-20;5-3(6)1-2-4(7)8;/h3-8,10-13,21H,9,14-18H2,1-2H3,(H2,25,29)(H,26,30);1-2H,(H,5,6)(H,7,8);1H2/b;2-1+;. The SMILES string of the molecule is CN(C)CCNC(=O)N1CCCC(C(C(N)=O)(c2ccccc2)c2ccccc2)C1.O.O=C(O)/C=C/C(=O)O. The number of benzene rings is 2. The van der Waals surface area contributed by atoms with Crippen molar-refractivity contribution >= 4 is 23.9 Å². The van der Waals surface area contributed by atoms with Gasteiger partial charge in [0.05, 0.1) is 0 Å². The van der Waals surface area contributed by atoms with Crippen molar-refractivity contribution in [3.63, 3.8) is 0 Å². The lowest BCUT2D eigenvalue weighted by atomic mass is 9.63. The van der Waals surface area contributed by atoms with E-state index in [9.17, 15) is 19.2 Å². The van der Waals surface area contributed by atoms with Crippen LogP contribution in [0.4, 0.5) is 4.79 Å². The molecule has 7 N–H and O–H groups in total. The topological polar surface area (TPSA) is 185 Å². The summed E-state index contributed by atoms with van der Waals surface area (Å²) in [6.45, 7) is 2.54. The van der Waals surface area contributed by atoms with Crippen LogP contribution in [0.15, 0.2) is 72.8 Å². The fourth-order valence-electron chi connectivity index (χ4n) is 4.68. The predicted octanol–water partition coefficient (Wildman–Crippen LogP) is 1.33. The van der Waals surface area contributed by atoms with Gasteiger partial charge in [0.2, 0.25) is 5.91 Å². The van der Waals surface area contributed by atoms with Crippen molar-refractivity contribution in [2.45, 2.75) is 18.3 Å². The molecule has 3 rings (SSSR count). The van der Waals surface area contributed by atoms with Gasteiger partial charge in [-0.25, -0.2) is 14.4 Å². The van der Waals surface area contributed by atoms with E-state index in [0.29, 0.717) is 31.8 Å². The number of rotatable bonds is 9. The number of nitrogens with two attached hydrogens (primary N) is 1. The summed E-state index contributed by atoms with van der Waals surface area (Å²) in [6.07, 6.45) is 2.78. The molecule has 1 aliphatic heterocycles. The molecule has 212 valence electrons. The fourth-order valence-corrected chi connectivity index (χ4v) is 4.68. The van der Waals surface area contributed by atoms with Crippen molar-refractivity contribution in [1.82, 2.24) is 15.1 Å². The normalized spacial score (nSPS) is 15.1. The van der Waals surface area contributed by atoms with Crippen LogP contribution in [-0.2, 0) is 19.8 Å². The van der Waals surface area contributed by atoms with Crippen molar-refractivity contribution in [2.24, 2.45) is 11.7 Å². The summed E-state index contributed by atoms with van der Waals surface area (Å²) >= 11 is 0. The molecule has 0 saturated carbocycles. The first-order chi connectivity index (χ1) is 18.1. The molecule has 1 atom stereocenters. The van der Waals surface area contributed by atoms with Crippen molar-refractivity contribution in [2.75, 3.05) is 40.3 Å². The number of nitrogens with zero attached hydrogens (tertiary/aromatic N) is 2. The van der Waals surface area contributed by atoms with Gasteiger partial charge in [-0.3, -0.25) is 4.79 Å². The molecule has 1 aliphatic rings. The van der Waals surface area contributed by atoms with E-state index < -0.39 is 17.4 Å². The Labute approximate surface area is 228 Å². The average molecular weight is 543 g/mol. The van der Waals surface area contributed by atoms with Gasteiger partial charge in [0, 0.05) is 38.3 Å². The van der Waals surface area contributed by atoms with Gasteiger partial charge in [-0.1, -0.05) is 60.7 Å². The molecule has 2 aromatic carbocycles. The van der Waals surface area contributed by atoms with Gasteiger partial charge in [-0.15, -0.1) is 0 Å². The van der Waals surface area contributed by atoms with E-state index in [1.165, 1.54) is 0 Å². The monoisotopic (exact) mass is 542 g/mol. The zero-order chi connectivity index (χ0) is 28.1. The summed E-state index contributed by atoms with van der Waals surface area (Å²) in [7, 11) is 3.95. The third kappa shape index (κ3) is 9.24. The Hall–Kier alpha value is -4.22. The molecule has 0 bridgehead atoms. The second-order valence-electron chi connectivity index (χ2n) is 9.23. The fraction of sp³-hybridized carbons (Fsp3) is 0.357. The Morgan fingerprint density at radius 3 is 1.87 bits per heavy atom. The quantitative estimate of drug-likeness (QED) is 0.344. The highest BCUT2D eigenvalue weighted by molar-refractivity contribution is 5.91. The molecule has 1 fully saturated rings. The molecular weight excluding hydrogens is 504 g/mol. The van der Waals surface area contributed by atoms with Crippen LogP contribution < -0.4 is 11.1 Å². The van der Waals surface area contributed by atoms with E-state index in [1.807, 2.05) is 84.6 Å². The van der Waals surface area contributed by atoms with Crippen LogP contribution >= 0.6 is 0 Å². The Morgan fingerprint density at radius 1 is 0.974 bits per heavy atom. The van der Waals surface area contributed by atoms with Crippen LogP contribution in [0, 0.1) is 5.92 Å². The molecule has 1 heterocycles. The highest BCUT2D eigenvalue weighted by atomic mass is 16.4. The average Bonchev–Trinajstić information content (AvgIpc) is 2.89. The minimum Gasteiger partial charge on any atom is -0.478 e. The van der Waals surface area contributed by atoms with Gasteiger partial charge in [-0.2, -0.15) is 0 Å². The number of carbonyl (C=O) groups is 4. The largest absolute Gasteiger partial charge is 0.478 e. The number of piperidine rings is 1. The maximum absolute atomic E-state index is 13.1. The summed E-state index contributed by atoms with van der Waals surface area (Å²) < 4.78 is 0. The summed E-state index contributed by atoms with van der Waals surface area (Å²) in [6, 6.07) is 19.4. The zero-order valence-electron chi connectivity index (χ0n) is 22.2. The smallest absolute Gasteiger partial charge is 0.328 e. The van der Waals surface area contributed by atoms with Gasteiger partial charge in [0.15, 0.2) is 0 Å². The molecule has 3 amide bonds. The predicted molar refractivity (Wildman–Crippen MR) is 147 cm³/mol. The number of amides is 3. The Balaban J connectivity index is 0.000000737. The van der Waals surface area contributed by atoms with Crippen molar-refractivity contribution in [3.05, 3.63) is 83.9 Å². The lowest BCUT2D eigenvalue weighted by Crippen LogP contribution is -2.56. The third-order valence-corrected chi connectivity index (χ3v) is 6.37. The van der Waals surface area contributed by atoms with E-state index in [4.69, 9.17) is 15.9 Å². The van der Waals surface area contributed by atoms with Crippen molar-refractivity contribution < 1.29 is 34.9 Å².